The molecule has 0 aliphatic heterocycles. The number of carboxylic acids is 1. The van der Waals surface area contributed by atoms with Gasteiger partial charge in [-0.05, 0) is 16.7 Å². The maximum Gasteiger partial charge on any atom is 0.307 e. The minimum atomic E-state index is -2.75. The summed E-state index contributed by atoms with van der Waals surface area (Å²) in [5.41, 5.74) is -0.746. The minimum absolute atomic E-state index is 0.136. The van der Waals surface area contributed by atoms with Crippen molar-refractivity contribution in [3.63, 3.8) is 0 Å². The van der Waals surface area contributed by atoms with Crippen LogP contribution in [-0.4, -0.2) is 17.0 Å². The van der Waals surface area contributed by atoms with Crippen LogP contribution in [0.25, 0.3) is 0 Å². The van der Waals surface area contributed by atoms with Gasteiger partial charge in [0.15, 0.2) is 0 Å². The van der Waals surface area contributed by atoms with E-state index in [4.69, 9.17) is 5.11 Å². The summed E-state index contributed by atoms with van der Waals surface area (Å²) in [7, 11) is 0. The van der Waals surface area contributed by atoms with Gasteiger partial charge in [0, 0.05) is 5.57 Å². The third-order valence-corrected chi connectivity index (χ3v) is 4.38. The zero-order valence-electron chi connectivity index (χ0n) is 11.4. The zero-order chi connectivity index (χ0) is 14.1. The summed E-state index contributed by atoms with van der Waals surface area (Å²) in [5.74, 6) is -5.17. The molecule has 0 saturated heterocycles. The molecule has 102 valence electrons. The normalized spacial score (nSPS) is 38.6. The van der Waals surface area contributed by atoms with Crippen LogP contribution in [0.15, 0.2) is 11.6 Å². The predicted octanol–water partition coefficient (Wildman–Crippen LogP) is 3.58. The Morgan fingerprint density at radius 3 is 2.11 bits per heavy atom. The first-order valence-electron chi connectivity index (χ1n) is 6.24. The van der Waals surface area contributed by atoms with Crippen molar-refractivity contribution in [1.82, 2.24) is 0 Å². The van der Waals surface area contributed by atoms with E-state index in [1.165, 1.54) is 6.08 Å². The van der Waals surface area contributed by atoms with Crippen molar-refractivity contribution < 1.29 is 18.7 Å². The topological polar surface area (TPSA) is 37.3 Å². The fourth-order valence-electron chi connectivity index (χ4n) is 3.17. The number of halogens is 2. The second kappa shape index (κ2) is 3.34. The van der Waals surface area contributed by atoms with E-state index in [9.17, 15) is 13.6 Å². The van der Waals surface area contributed by atoms with E-state index in [2.05, 4.69) is 0 Å². The van der Waals surface area contributed by atoms with Gasteiger partial charge in [0.05, 0.1) is 11.8 Å². The van der Waals surface area contributed by atoms with Gasteiger partial charge in [-0.25, -0.2) is 8.78 Å². The number of carbonyl (C=O) groups is 1. The highest BCUT2D eigenvalue weighted by Crippen LogP contribution is 2.67. The Balaban J connectivity index is 2.21. The molecule has 3 unspecified atom stereocenters. The maximum absolute atomic E-state index is 13.7. The molecule has 4 heteroatoms. The van der Waals surface area contributed by atoms with E-state index in [0.29, 0.717) is 0 Å². The van der Waals surface area contributed by atoms with E-state index >= 15 is 0 Å². The Bertz CT molecular complexity index is 430. The Labute approximate surface area is 106 Å². The molecule has 2 fully saturated rings. The molecule has 0 aromatic rings. The quantitative estimate of drug-likeness (QED) is 0.769. The number of alkyl halides is 2. The highest BCUT2D eigenvalue weighted by molar-refractivity contribution is 5.76. The largest absolute Gasteiger partial charge is 0.481 e. The van der Waals surface area contributed by atoms with Gasteiger partial charge >= 0.3 is 5.97 Å². The molecule has 0 heterocycles. The van der Waals surface area contributed by atoms with Crippen LogP contribution in [0.3, 0.4) is 0 Å². The summed E-state index contributed by atoms with van der Waals surface area (Å²) in [4.78, 5) is 11.0. The predicted molar refractivity (Wildman–Crippen MR) is 64.4 cm³/mol. The minimum Gasteiger partial charge on any atom is -0.481 e. The highest BCUT2D eigenvalue weighted by Gasteiger charge is 2.70. The third kappa shape index (κ3) is 1.77. The van der Waals surface area contributed by atoms with Gasteiger partial charge in [-0.15, -0.1) is 0 Å². The summed E-state index contributed by atoms with van der Waals surface area (Å²) in [6, 6.07) is 0. The first kappa shape index (κ1) is 13.5. The van der Waals surface area contributed by atoms with Crippen molar-refractivity contribution in [1.29, 1.82) is 0 Å². The number of hydrogen-bond acceptors (Lipinski definition) is 1. The maximum atomic E-state index is 13.7. The highest BCUT2D eigenvalue weighted by atomic mass is 19.3. The molecular weight excluding hydrogens is 238 g/mol. The van der Waals surface area contributed by atoms with E-state index < -0.39 is 34.6 Å². The van der Waals surface area contributed by atoms with Crippen molar-refractivity contribution in [2.24, 2.45) is 28.6 Å². The van der Waals surface area contributed by atoms with E-state index in [0.717, 1.165) is 0 Å². The first-order chi connectivity index (χ1) is 7.91. The molecule has 3 atom stereocenters. The average molecular weight is 258 g/mol. The Hall–Kier alpha value is -0.930. The van der Waals surface area contributed by atoms with E-state index in [-0.39, 0.29) is 11.5 Å². The van der Waals surface area contributed by atoms with Gasteiger partial charge < -0.3 is 5.11 Å². The van der Waals surface area contributed by atoms with Crippen molar-refractivity contribution in [2.45, 2.75) is 40.5 Å². The van der Waals surface area contributed by atoms with Crippen LogP contribution in [0, 0.1) is 28.6 Å². The fraction of sp³-hybridized carbons (Fsp3) is 0.786. The lowest BCUT2D eigenvalue weighted by Crippen LogP contribution is -2.13. The summed E-state index contributed by atoms with van der Waals surface area (Å²) in [6.07, 6.45) is 1.52. The SMILES string of the molecule is CC(C)(C)C1C(=CC2C(C(=O)O)C2(C)C)C1(F)F. The molecule has 2 nitrogen and oxygen atoms in total. The Morgan fingerprint density at radius 2 is 1.83 bits per heavy atom. The fourth-order valence-corrected chi connectivity index (χ4v) is 3.17. The molecule has 0 aromatic heterocycles. The lowest BCUT2D eigenvalue weighted by molar-refractivity contribution is -0.139. The third-order valence-electron chi connectivity index (χ3n) is 4.38. The van der Waals surface area contributed by atoms with Gasteiger partial charge in [0.2, 0.25) is 0 Å². The monoisotopic (exact) mass is 258 g/mol. The van der Waals surface area contributed by atoms with Crippen molar-refractivity contribution in [3.05, 3.63) is 11.6 Å². The zero-order valence-corrected chi connectivity index (χ0v) is 11.4. The van der Waals surface area contributed by atoms with Crippen LogP contribution >= 0.6 is 0 Å². The van der Waals surface area contributed by atoms with Crippen LogP contribution < -0.4 is 0 Å². The molecule has 0 radical (unpaired) electrons. The lowest BCUT2D eigenvalue weighted by atomic mass is 9.89. The molecular formula is C14H20F2O2. The van der Waals surface area contributed by atoms with Crippen molar-refractivity contribution in [2.75, 3.05) is 0 Å². The number of carboxylic acid groups (broad SMARTS) is 1. The van der Waals surface area contributed by atoms with Gasteiger partial charge in [-0.3, -0.25) is 4.79 Å². The molecule has 0 bridgehead atoms. The van der Waals surface area contributed by atoms with E-state index in [1.54, 1.807) is 20.8 Å². The molecule has 2 rings (SSSR count). The number of rotatable bonds is 2. The van der Waals surface area contributed by atoms with Crippen LogP contribution in [0.1, 0.15) is 34.6 Å². The average Bonchev–Trinajstić information content (AvgIpc) is 2.83. The second-order valence-corrected chi connectivity index (χ2v) is 7.21. The van der Waals surface area contributed by atoms with Crippen molar-refractivity contribution in [3.8, 4) is 0 Å². The van der Waals surface area contributed by atoms with Crippen LogP contribution in [0.2, 0.25) is 0 Å². The van der Waals surface area contributed by atoms with E-state index in [1.807, 2.05) is 13.8 Å². The standard InChI is InChI=1S/C14H20F2O2/c1-12(2,3)10-8(14(10,15)16)6-7-9(11(17)18)13(7,4)5/h6-7,9-10H,1-5H3,(H,17,18). The number of allylic oxidation sites excluding steroid dienone is 2. The number of hydrogen-bond donors (Lipinski definition) is 1. The summed E-state index contributed by atoms with van der Waals surface area (Å²) >= 11 is 0. The van der Waals surface area contributed by atoms with Crippen LogP contribution in [0.5, 0.6) is 0 Å². The summed E-state index contributed by atoms with van der Waals surface area (Å²) in [6.45, 7) is 9.01. The van der Waals surface area contributed by atoms with Crippen LogP contribution in [0.4, 0.5) is 8.78 Å². The van der Waals surface area contributed by atoms with Gasteiger partial charge in [0.25, 0.3) is 5.92 Å². The Morgan fingerprint density at radius 1 is 1.33 bits per heavy atom. The Kier molecular flexibility index (Phi) is 2.50. The van der Waals surface area contributed by atoms with Gasteiger partial charge in [-0.1, -0.05) is 40.7 Å². The summed E-state index contributed by atoms with van der Waals surface area (Å²) in [5, 5.41) is 9.03. The summed E-state index contributed by atoms with van der Waals surface area (Å²) < 4.78 is 27.4. The van der Waals surface area contributed by atoms with Gasteiger partial charge in [-0.2, -0.15) is 0 Å². The molecule has 2 aliphatic carbocycles. The molecule has 0 spiro atoms. The molecule has 18 heavy (non-hydrogen) atoms. The molecule has 2 saturated carbocycles. The molecule has 0 amide bonds. The smallest absolute Gasteiger partial charge is 0.307 e. The number of aliphatic carboxylic acids is 1. The lowest BCUT2D eigenvalue weighted by Gasteiger charge is -2.16. The van der Waals surface area contributed by atoms with Crippen molar-refractivity contribution >= 4 is 5.97 Å². The second-order valence-electron chi connectivity index (χ2n) is 7.21. The van der Waals surface area contributed by atoms with Crippen LogP contribution in [-0.2, 0) is 4.79 Å². The van der Waals surface area contributed by atoms with Gasteiger partial charge in [0.1, 0.15) is 0 Å². The first-order valence-corrected chi connectivity index (χ1v) is 6.24. The molecule has 1 N–H and O–H groups in total. The molecule has 0 aromatic carbocycles. The molecule has 2 aliphatic rings.